The maximum atomic E-state index is 11.8. The van der Waals surface area contributed by atoms with Crippen LogP contribution in [0.4, 0.5) is 0 Å². The topological polar surface area (TPSA) is 50.7 Å². The minimum absolute atomic E-state index is 0.276. The molecule has 1 heterocycles. The molecular weight excluding hydrogens is 284 g/mol. The summed E-state index contributed by atoms with van der Waals surface area (Å²) in [6.07, 6.45) is 1.55. The third-order valence-electron chi connectivity index (χ3n) is 2.30. The fraction of sp³-hybridized carbons (Fsp3) is 0.0769. The molecule has 0 aliphatic heterocycles. The molecule has 0 saturated carbocycles. The lowest BCUT2D eigenvalue weighted by Crippen LogP contribution is -2.17. The van der Waals surface area contributed by atoms with Crippen LogP contribution < -0.4 is 10.2 Å². The fourth-order valence-corrected chi connectivity index (χ4v) is 2.29. The van der Waals surface area contributed by atoms with E-state index in [2.05, 4.69) is 10.5 Å². The second-order valence-electron chi connectivity index (χ2n) is 3.57. The van der Waals surface area contributed by atoms with Crippen molar-refractivity contribution < 1.29 is 9.53 Å². The molecule has 0 atom stereocenters. The van der Waals surface area contributed by atoms with Crippen LogP contribution in [0.5, 0.6) is 5.75 Å². The van der Waals surface area contributed by atoms with Gasteiger partial charge in [0.25, 0.3) is 5.91 Å². The highest BCUT2D eigenvalue weighted by Gasteiger charge is 2.03. The summed E-state index contributed by atoms with van der Waals surface area (Å²) in [5, 5.41) is 3.87. The minimum atomic E-state index is -0.276. The van der Waals surface area contributed by atoms with Crippen molar-refractivity contribution in [3.8, 4) is 5.75 Å². The number of thiophene rings is 1. The average Bonchev–Trinajstić information content (AvgIpc) is 2.84. The van der Waals surface area contributed by atoms with Gasteiger partial charge in [0.05, 0.1) is 17.7 Å². The van der Waals surface area contributed by atoms with Crippen LogP contribution in [0.2, 0.25) is 4.34 Å². The summed E-state index contributed by atoms with van der Waals surface area (Å²) in [6.45, 7) is 0. The lowest BCUT2D eigenvalue weighted by atomic mass is 10.2. The van der Waals surface area contributed by atoms with E-state index in [-0.39, 0.29) is 5.91 Å². The molecule has 1 N–H and O–H groups in total. The van der Waals surface area contributed by atoms with Crippen molar-refractivity contribution in [3.63, 3.8) is 0 Å². The molecule has 98 valence electrons. The Kier molecular flexibility index (Phi) is 4.54. The molecule has 0 aliphatic rings. The van der Waals surface area contributed by atoms with Crippen molar-refractivity contribution in [1.29, 1.82) is 0 Å². The van der Waals surface area contributed by atoms with Gasteiger partial charge in [-0.2, -0.15) is 5.10 Å². The van der Waals surface area contributed by atoms with Crippen molar-refractivity contribution >= 4 is 35.1 Å². The van der Waals surface area contributed by atoms with E-state index in [9.17, 15) is 4.79 Å². The van der Waals surface area contributed by atoms with Crippen molar-refractivity contribution in [2.45, 2.75) is 0 Å². The van der Waals surface area contributed by atoms with Gasteiger partial charge in [-0.1, -0.05) is 11.6 Å². The second kappa shape index (κ2) is 6.36. The van der Waals surface area contributed by atoms with E-state index in [0.29, 0.717) is 15.6 Å². The number of hydrogen-bond acceptors (Lipinski definition) is 4. The van der Waals surface area contributed by atoms with Crippen LogP contribution in [0.15, 0.2) is 41.5 Å². The van der Waals surface area contributed by atoms with Gasteiger partial charge in [0.2, 0.25) is 0 Å². The van der Waals surface area contributed by atoms with Gasteiger partial charge in [0.1, 0.15) is 5.75 Å². The van der Waals surface area contributed by atoms with E-state index in [1.165, 1.54) is 11.3 Å². The molecule has 0 aliphatic carbocycles. The van der Waals surface area contributed by atoms with Crippen LogP contribution in [0.25, 0.3) is 0 Å². The van der Waals surface area contributed by atoms with Gasteiger partial charge >= 0.3 is 0 Å². The van der Waals surface area contributed by atoms with Crippen LogP contribution in [0.3, 0.4) is 0 Å². The number of halogens is 1. The van der Waals surface area contributed by atoms with E-state index in [4.69, 9.17) is 16.3 Å². The number of benzene rings is 1. The number of nitrogens with one attached hydrogen (secondary N) is 1. The third-order valence-corrected chi connectivity index (χ3v) is 3.47. The van der Waals surface area contributed by atoms with Crippen molar-refractivity contribution in [1.82, 2.24) is 5.43 Å². The Labute approximate surface area is 119 Å². The van der Waals surface area contributed by atoms with Crippen LogP contribution in [-0.2, 0) is 0 Å². The summed E-state index contributed by atoms with van der Waals surface area (Å²) >= 11 is 7.17. The molecule has 0 radical (unpaired) electrons. The first-order chi connectivity index (χ1) is 9.19. The summed E-state index contributed by atoms with van der Waals surface area (Å²) in [5.41, 5.74) is 2.96. The maximum absolute atomic E-state index is 11.8. The molecule has 0 bridgehead atoms. The van der Waals surface area contributed by atoms with E-state index in [1.807, 2.05) is 6.07 Å². The molecule has 2 aromatic rings. The molecule has 0 saturated heterocycles. The third kappa shape index (κ3) is 3.81. The van der Waals surface area contributed by atoms with Crippen molar-refractivity contribution in [2.75, 3.05) is 7.11 Å². The first-order valence-electron chi connectivity index (χ1n) is 5.42. The van der Waals surface area contributed by atoms with Crippen LogP contribution >= 0.6 is 22.9 Å². The molecule has 0 spiro atoms. The lowest BCUT2D eigenvalue weighted by Gasteiger charge is -2.01. The minimum Gasteiger partial charge on any atom is -0.497 e. The van der Waals surface area contributed by atoms with Gasteiger partial charge in [-0.15, -0.1) is 11.3 Å². The summed E-state index contributed by atoms with van der Waals surface area (Å²) in [4.78, 5) is 12.6. The maximum Gasteiger partial charge on any atom is 0.271 e. The highest BCUT2D eigenvalue weighted by atomic mass is 35.5. The van der Waals surface area contributed by atoms with E-state index in [0.717, 1.165) is 4.88 Å². The number of carbonyl (C=O) groups is 1. The van der Waals surface area contributed by atoms with Gasteiger partial charge in [-0.25, -0.2) is 5.43 Å². The zero-order valence-electron chi connectivity index (χ0n) is 10.1. The molecule has 19 heavy (non-hydrogen) atoms. The fourth-order valence-electron chi connectivity index (χ4n) is 1.36. The summed E-state index contributed by atoms with van der Waals surface area (Å²) in [7, 11) is 1.57. The number of methoxy groups -OCH3 is 1. The van der Waals surface area contributed by atoms with Crippen LogP contribution in [0.1, 0.15) is 15.2 Å². The quantitative estimate of drug-likeness (QED) is 0.695. The van der Waals surface area contributed by atoms with E-state index < -0.39 is 0 Å². The Morgan fingerprint density at radius 1 is 1.32 bits per heavy atom. The zero-order valence-corrected chi connectivity index (χ0v) is 11.7. The molecule has 0 fully saturated rings. The average molecular weight is 295 g/mol. The number of hydrogen-bond donors (Lipinski definition) is 1. The molecule has 1 aromatic carbocycles. The first-order valence-corrected chi connectivity index (χ1v) is 6.61. The van der Waals surface area contributed by atoms with Gasteiger partial charge < -0.3 is 4.74 Å². The highest BCUT2D eigenvalue weighted by Crippen LogP contribution is 2.19. The molecule has 4 nitrogen and oxygen atoms in total. The second-order valence-corrected chi connectivity index (χ2v) is 5.32. The molecule has 0 unspecified atom stereocenters. The normalized spacial score (nSPS) is 10.6. The number of rotatable bonds is 4. The van der Waals surface area contributed by atoms with Crippen molar-refractivity contribution in [3.05, 3.63) is 51.2 Å². The van der Waals surface area contributed by atoms with Gasteiger partial charge in [0, 0.05) is 10.4 Å². The lowest BCUT2D eigenvalue weighted by molar-refractivity contribution is 0.0955. The predicted octanol–water partition coefficient (Wildman–Crippen LogP) is 3.17. The Bertz CT molecular complexity index is 593. The SMILES string of the molecule is COc1ccc(C(=O)N/N=C\c2ccc(Cl)s2)cc1. The van der Waals surface area contributed by atoms with Gasteiger partial charge in [-0.3, -0.25) is 4.79 Å². The summed E-state index contributed by atoms with van der Waals surface area (Å²) < 4.78 is 5.70. The molecular formula is C13H11ClN2O2S. The summed E-state index contributed by atoms with van der Waals surface area (Å²) in [5.74, 6) is 0.426. The number of carbonyl (C=O) groups excluding carboxylic acids is 1. The Morgan fingerprint density at radius 3 is 2.63 bits per heavy atom. The molecule has 2 rings (SSSR count). The number of hydrazone groups is 1. The highest BCUT2D eigenvalue weighted by molar-refractivity contribution is 7.17. The van der Waals surface area contributed by atoms with Crippen LogP contribution in [-0.4, -0.2) is 19.2 Å². The number of nitrogens with zero attached hydrogens (tertiary/aromatic N) is 1. The molecule has 1 aromatic heterocycles. The van der Waals surface area contributed by atoms with E-state index in [1.54, 1.807) is 43.7 Å². The largest absolute Gasteiger partial charge is 0.497 e. The molecule has 1 amide bonds. The smallest absolute Gasteiger partial charge is 0.271 e. The van der Waals surface area contributed by atoms with E-state index >= 15 is 0 Å². The predicted molar refractivity (Wildman–Crippen MR) is 77.4 cm³/mol. The number of amides is 1. The first kappa shape index (κ1) is 13.6. The van der Waals surface area contributed by atoms with Crippen LogP contribution in [0, 0.1) is 0 Å². The van der Waals surface area contributed by atoms with Gasteiger partial charge in [0.15, 0.2) is 0 Å². The Balaban J connectivity index is 1.95. The summed E-state index contributed by atoms with van der Waals surface area (Å²) in [6, 6.07) is 10.4. The van der Waals surface area contributed by atoms with Gasteiger partial charge in [-0.05, 0) is 36.4 Å². The molecule has 6 heteroatoms. The Hall–Kier alpha value is -1.85. The Morgan fingerprint density at radius 2 is 2.05 bits per heavy atom. The zero-order chi connectivity index (χ0) is 13.7. The van der Waals surface area contributed by atoms with Crippen molar-refractivity contribution in [2.24, 2.45) is 5.10 Å². The number of ether oxygens (including phenoxy) is 1. The monoisotopic (exact) mass is 294 g/mol. The standard InChI is InChI=1S/C13H11ClN2O2S/c1-18-10-4-2-9(3-5-10)13(17)16-15-8-11-6-7-12(14)19-11/h2-8H,1H3,(H,16,17)/b15-8-.